The van der Waals surface area contributed by atoms with E-state index in [-0.39, 0.29) is 5.78 Å². The first-order valence-corrected chi connectivity index (χ1v) is 3.71. The van der Waals surface area contributed by atoms with Gasteiger partial charge in [-0.15, -0.1) is 0 Å². The maximum absolute atomic E-state index is 11.0. The van der Waals surface area contributed by atoms with Crippen molar-refractivity contribution in [1.29, 1.82) is 5.26 Å². The van der Waals surface area contributed by atoms with Gasteiger partial charge in [-0.2, -0.15) is 5.26 Å². The van der Waals surface area contributed by atoms with Crippen LogP contribution in [0.15, 0.2) is 22.9 Å². The molecule has 0 spiro atoms. The van der Waals surface area contributed by atoms with Gasteiger partial charge in [-0.3, -0.25) is 4.79 Å². The molecule has 3 nitrogen and oxygen atoms in total. The molecule has 0 unspecified atom stereocenters. The Balaban J connectivity index is 3.04. The monoisotopic (exact) mass is 162 g/mol. The molecule has 3 heteroatoms. The summed E-state index contributed by atoms with van der Waals surface area (Å²) in [6.07, 6.45) is 1.65. The van der Waals surface area contributed by atoms with Crippen molar-refractivity contribution < 1.29 is 4.79 Å². The summed E-state index contributed by atoms with van der Waals surface area (Å²) in [5.41, 5.74) is 2.06. The molecule has 0 saturated heterocycles. The minimum Gasteiger partial charge on any atom is -0.383 e. The molecule has 62 valence electrons. The van der Waals surface area contributed by atoms with Gasteiger partial charge in [0.2, 0.25) is 0 Å². The first kappa shape index (κ1) is 8.54. The minimum atomic E-state index is -0.00699. The van der Waals surface area contributed by atoms with E-state index in [4.69, 9.17) is 5.26 Å². The lowest BCUT2D eigenvalue weighted by Gasteiger charge is -2.14. The summed E-state index contributed by atoms with van der Waals surface area (Å²) in [7, 11) is 0. The van der Waals surface area contributed by atoms with Crippen LogP contribution in [0.4, 0.5) is 0 Å². The van der Waals surface area contributed by atoms with Gasteiger partial charge in [0.1, 0.15) is 0 Å². The number of Topliss-reactive ketones (excluding diaryl/α,β-unsaturated/α-hetero) is 1. The van der Waals surface area contributed by atoms with Gasteiger partial charge in [0, 0.05) is 23.4 Å². The lowest BCUT2D eigenvalue weighted by molar-refractivity contribution is -0.113. The standard InChI is InChI=1S/C9H10N2O/c1-6-9(7(2)12)3-8(4-10)5-11-6/h3,11H,5H2,1-2H3. The van der Waals surface area contributed by atoms with Gasteiger partial charge in [-0.1, -0.05) is 0 Å². The first-order chi connectivity index (χ1) is 5.65. The molecule has 0 radical (unpaired) electrons. The SMILES string of the molecule is CC(=O)C1=C(C)NCC(C#N)=C1. The highest BCUT2D eigenvalue weighted by atomic mass is 16.1. The largest absolute Gasteiger partial charge is 0.383 e. The summed E-state index contributed by atoms with van der Waals surface area (Å²) in [4.78, 5) is 11.0. The molecule has 12 heavy (non-hydrogen) atoms. The van der Waals surface area contributed by atoms with Gasteiger partial charge in [0.05, 0.1) is 6.07 Å². The highest BCUT2D eigenvalue weighted by Crippen LogP contribution is 2.12. The molecule has 0 aliphatic carbocycles. The fraction of sp³-hybridized carbons (Fsp3) is 0.333. The van der Waals surface area contributed by atoms with Crippen molar-refractivity contribution in [2.24, 2.45) is 0 Å². The third kappa shape index (κ3) is 1.54. The predicted octanol–water partition coefficient (Wildman–Crippen LogP) is 0.903. The Morgan fingerprint density at radius 1 is 1.75 bits per heavy atom. The van der Waals surface area contributed by atoms with E-state index in [2.05, 4.69) is 5.32 Å². The second kappa shape index (κ2) is 3.22. The Morgan fingerprint density at radius 2 is 2.42 bits per heavy atom. The maximum Gasteiger partial charge on any atom is 0.161 e. The molecule has 1 N–H and O–H groups in total. The van der Waals surface area contributed by atoms with Gasteiger partial charge in [-0.25, -0.2) is 0 Å². The number of nitrogens with one attached hydrogen (secondary N) is 1. The number of carbonyl (C=O) groups is 1. The van der Waals surface area contributed by atoms with E-state index in [1.165, 1.54) is 6.92 Å². The number of nitriles is 1. The van der Waals surface area contributed by atoms with Crippen LogP contribution in [0.2, 0.25) is 0 Å². The van der Waals surface area contributed by atoms with Crippen LogP contribution < -0.4 is 5.32 Å². The van der Waals surface area contributed by atoms with Crippen LogP contribution in [-0.2, 0) is 4.79 Å². The third-order valence-electron chi connectivity index (χ3n) is 1.79. The number of dihydropyridines is 1. The molecular weight excluding hydrogens is 152 g/mol. The Morgan fingerprint density at radius 3 is 2.92 bits per heavy atom. The molecule has 1 heterocycles. The molecule has 0 amide bonds. The summed E-state index contributed by atoms with van der Waals surface area (Å²) in [5.74, 6) is -0.00699. The molecule has 1 aliphatic heterocycles. The summed E-state index contributed by atoms with van der Waals surface area (Å²) >= 11 is 0. The molecule has 0 aromatic carbocycles. The topological polar surface area (TPSA) is 52.9 Å². The van der Waals surface area contributed by atoms with E-state index in [1.54, 1.807) is 6.08 Å². The number of rotatable bonds is 1. The van der Waals surface area contributed by atoms with Crippen molar-refractivity contribution in [1.82, 2.24) is 5.32 Å². The fourth-order valence-corrected chi connectivity index (χ4v) is 1.09. The van der Waals surface area contributed by atoms with E-state index in [1.807, 2.05) is 13.0 Å². The fourth-order valence-electron chi connectivity index (χ4n) is 1.09. The van der Waals surface area contributed by atoms with Crippen LogP contribution >= 0.6 is 0 Å². The Kier molecular flexibility index (Phi) is 2.29. The zero-order chi connectivity index (χ0) is 9.14. The molecule has 1 aliphatic rings. The van der Waals surface area contributed by atoms with Crippen LogP contribution in [0.5, 0.6) is 0 Å². The summed E-state index contributed by atoms with van der Waals surface area (Å²) < 4.78 is 0. The number of nitrogens with zero attached hydrogens (tertiary/aromatic N) is 1. The zero-order valence-corrected chi connectivity index (χ0v) is 7.14. The van der Waals surface area contributed by atoms with E-state index < -0.39 is 0 Å². The average Bonchev–Trinajstić information content (AvgIpc) is 2.05. The van der Waals surface area contributed by atoms with Gasteiger partial charge in [-0.05, 0) is 19.9 Å². The third-order valence-corrected chi connectivity index (χ3v) is 1.79. The molecular formula is C9H10N2O. The smallest absolute Gasteiger partial charge is 0.161 e. The minimum absolute atomic E-state index is 0.00699. The van der Waals surface area contributed by atoms with Crippen molar-refractivity contribution in [3.63, 3.8) is 0 Å². The maximum atomic E-state index is 11.0. The molecule has 0 fully saturated rings. The highest BCUT2D eigenvalue weighted by Gasteiger charge is 2.11. The van der Waals surface area contributed by atoms with Crippen LogP contribution in [-0.4, -0.2) is 12.3 Å². The summed E-state index contributed by atoms with van der Waals surface area (Å²) in [5, 5.41) is 11.6. The predicted molar refractivity (Wildman–Crippen MR) is 45.1 cm³/mol. The molecule has 1 rings (SSSR count). The van der Waals surface area contributed by atoms with E-state index in [0.717, 1.165) is 5.70 Å². The second-order valence-electron chi connectivity index (χ2n) is 2.73. The Labute approximate surface area is 71.4 Å². The molecule has 0 saturated carbocycles. The normalized spacial score (nSPS) is 16.2. The van der Waals surface area contributed by atoms with E-state index in [9.17, 15) is 4.79 Å². The Hall–Kier alpha value is -1.56. The first-order valence-electron chi connectivity index (χ1n) is 3.71. The number of allylic oxidation sites excluding steroid dienone is 3. The second-order valence-corrected chi connectivity index (χ2v) is 2.73. The summed E-state index contributed by atoms with van der Waals surface area (Å²) in [6.45, 7) is 3.86. The Bertz CT molecular complexity index is 318. The van der Waals surface area contributed by atoms with Crippen molar-refractivity contribution in [2.75, 3.05) is 6.54 Å². The lowest BCUT2D eigenvalue weighted by Crippen LogP contribution is -2.22. The van der Waals surface area contributed by atoms with E-state index >= 15 is 0 Å². The zero-order valence-electron chi connectivity index (χ0n) is 7.14. The highest BCUT2D eigenvalue weighted by molar-refractivity contribution is 5.97. The number of ketones is 1. The van der Waals surface area contributed by atoms with Crippen LogP contribution in [0.1, 0.15) is 13.8 Å². The quantitative estimate of drug-likeness (QED) is 0.623. The molecule has 0 aromatic heterocycles. The number of hydrogen-bond acceptors (Lipinski definition) is 3. The van der Waals surface area contributed by atoms with Crippen molar-refractivity contribution >= 4 is 5.78 Å². The lowest BCUT2D eigenvalue weighted by atomic mass is 10.0. The van der Waals surface area contributed by atoms with E-state index in [0.29, 0.717) is 17.7 Å². The van der Waals surface area contributed by atoms with Crippen LogP contribution in [0, 0.1) is 11.3 Å². The number of hydrogen-bond donors (Lipinski definition) is 1. The van der Waals surface area contributed by atoms with Gasteiger partial charge >= 0.3 is 0 Å². The molecule has 0 aromatic rings. The van der Waals surface area contributed by atoms with Crippen molar-refractivity contribution in [3.05, 3.63) is 22.9 Å². The van der Waals surface area contributed by atoms with Crippen molar-refractivity contribution in [3.8, 4) is 6.07 Å². The molecule has 0 atom stereocenters. The van der Waals surface area contributed by atoms with Crippen LogP contribution in [0.25, 0.3) is 0 Å². The number of carbonyl (C=O) groups excluding carboxylic acids is 1. The van der Waals surface area contributed by atoms with Crippen LogP contribution in [0.3, 0.4) is 0 Å². The molecule has 0 bridgehead atoms. The van der Waals surface area contributed by atoms with Gasteiger partial charge in [0.15, 0.2) is 5.78 Å². The van der Waals surface area contributed by atoms with Crippen molar-refractivity contribution in [2.45, 2.75) is 13.8 Å². The summed E-state index contributed by atoms with van der Waals surface area (Å²) in [6, 6.07) is 2.02. The van der Waals surface area contributed by atoms with Gasteiger partial charge in [0.25, 0.3) is 0 Å². The van der Waals surface area contributed by atoms with Gasteiger partial charge < -0.3 is 5.32 Å². The average molecular weight is 162 g/mol.